The third-order valence-electron chi connectivity index (χ3n) is 4.42. The van der Waals surface area contributed by atoms with E-state index in [0.29, 0.717) is 25.1 Å². The van der Waals surface area contributed by atoms with Crippen molar-refractivity contribution in [2.45, 2.75) is 31.7 Å². The molecular formula is C20H17F5N2O4. The molecule has 31 heavy (non-hydrogen) atoms. The monoisotopic (exact) mass is 444 g/mol. The van der Waals surface area contributed by atoms with Crippen molar-refractivity contribution >= 4 is 11.8 Å². The second-order valence-corrected chi connectivity index (χ2v) is 6.65. The average molecular weight is 444 g/mol. The summed E-state index contributed by atoms with van der Waals surface area (Å²) < 4.78 is 74.6. The molecule has 0 aliphatic carbocycles. The summed E-state index contributed by atoms with van der Waals surface area (Å²) in [5.41, 5.74) is -1.56. The fourth-order valence-electron chi connectivity index (χ4n) is 2.99. The number of hydrogen-bond donors (Lipinski definition) is 2. The maximum Gasteiger partial charge on any atom is 0.416 e. The van der Waals surface area contributed by atoms with Crippen LogP contribution in [-0.4, -0.2) is 31.0 Å². The van der Waals surface area contributed by atoms with Crippen LogP contribution in [-0.2, 0) is 11.0 Å². The van der Waals surface area contributed by atoms with E-state index < -0.39 is 35.9 Å². The van der Waals surface area contributed by atoms with E-state index in [1.807, 2.05) is 0 Å². The smallest absolute Gasteiger partial charge is 0.416 e. The van der Waals surface area contributed by atoms with Crippen LogP contribution in [0.25, 0.3) is 0 Å². The van der Waals surface area contributed by atoms with E-state index in [1.165, 1.54) is 24.3 Å². The highest BCUT2D eigenvalue weighted by Crippen LogP contribution is 2.37. The van der Waals surface area contributed by atoms with Crippen LogP contribution in [0.5, 0.6) is 17.2 Å². The summed E-state index contributed by atoms with van der Waals surface area (Å²) in [6.45, 7) is -2.84. The summed E-state index contributed by atoms with van der Waals surface area (Å²) in [6.07, 6.45) is -4.35. The summed E-state index contributed by atoms with van der Waals surface area (Å²) >= 11 is 0. The van der Waals surface area contributed by atoms with Gasteiger partial charge in [-0.05, 0) is 36.8 Å². The van der Waals surface area contributed by atoms with Gasteiger partial charge < -0.3 is 20.1 Å². The maximum absolute atomic E-state index is 13.2. The van der Waals surface area contributed by atoms with E-state index in [2.05, 4.69) is 15.4 Å². The third-order valence-corrected chi connectivity index (χ3v) is 4.42. The Bertz CT molecular complexity index is 965. The molecular weight excluding hydrogens is 427 g/mol. The Morgan fingerprint density at radius 2 is 1.81 bits per heavy atom. The molecule has 2 aromatic carbocycles. The minimum Gasteiger partial charge on any atom is -0.453 e. The summed E-state index contributed by atoms with van der Waals surface area (Å²) in [7, 11) is 0. The predicted octanol–water partition coefficient (Wildman–Crippen LogP) is 4.11. The number of rotatable bonds is 6. The fraction of sp³-hybridized carbons (Fsp3) is 0.300. The summed E-state index contributed by atoms with van der Waals surface area (Å²) in [6, 6.07) is 6.95. The zero-order chi connectivity index (χ0) is 22.6. The molecule has 0 aromatic heterocycles. The molecule has 1 heterocycles. The van der Waals surface area contributed by atoms with E-state index in [-0.39, 0.29) is 29.6 Å². The van der Waals surface area contributed by atoms with Crippen LogP contribution in [0.4, 0.5) is 22.0 Å². The fourth-order valence-corrected chi connectivity index (χ4v) is 2.99. The molecule has 3 rings (SSSR count). The second-order valence-electron chi connectivity index (χ2n) is 6.65. The molecule has 1 aliphatic rings. The molecule has 0 bridgehead atoms. The lowest BCUT2D eigenvalue weighted by molar-refractivity contribution is -0.137. The van der Waals surface area contributed by atoms with Crippen molar-refractivity contribution in [2.24, 2.45) is 0 Å². The van der Waals surface area contributed by atoms with Crippen molar-refractivity contribution in [3.63, 3.8) is 0 Å². The molecule has 1 aliphatic heterocycles. The number of carbonyl (C=O) groups excluding carboxylic acids is 2. The number of ether oxygens (including phenoxy) is 2. The summed E-state index contributed by atoms with van der Waals surface area (Å²) in [4.78, 5) is 24.2. The number of nitrogens with one attached hydrogen (secondary N) is 2. The van der Waals surface area contributed by atoms with Crippen molar-refractivity contribution in [1.82, 2.24) is 10.6 Å². The van der Waals surface area contributed by atoms with Crippen LogP contribution >= 0.6 is 0 Å². The van der Waals surface area contributed by atoms with Gasteiger partial charge in [-0.3, -0.25) is 9.59 Å². The zero-order valence-corrected chi connectivity index (χ0v) is 15.8. The van der Waals surface area contributed by atoms with E-state index in [1.54, 1.807) is 0 Å². The first-order chi connectivity index (χ1) is 14.6. The summed E-state index contributed by atoms with van der Waals surface area (Å²) in [5, 5.41) is 5.10. The molecule has 2 N–H and O–H groups in total. The third kappa shape index (κ3) is 5.83. The molecule has 0 spiro atoms. The topological polar surface area (TPSA) is 76.7 Å². The van der Waals surface area contributed by atoms with Gasteiger partial charge in [0.15, 0.2) is 11.5 Å². The first-order valence-electron chi connectivity index (χ1n) is 9.14. The molecule has 1 unspecified atom stereocenters. The molecule has 6 nitrogen and oxygen atoms in total. The lowest BCUT2D eigenvalue weighted by Gasteiger charge is -2.24. The molecule has 166 valence electrons. The Kier molecular flexibility index (Phi) is 6.62. The average Bonchev–Trinajstić information content (AvgIpc) is 2.68. The van der Waals surface area contributed by atoms with Gasteiger partial charge in [0.25, 0.3) is 5.91 Å². The van der Waals surface area contributed by atoms with Crippen LogP contribution in [0.15, 0.2) is 42.5 Å². The Hall–Kier alpha value is -3.37. The van der Waals surface area contributed by atoms with Crippen LogP contribution in [0.2, 0.25) is 0 Å². The zero-order valence-electron chi connectivity index (χ0n) is 15.8. The van der Waals surface area contributed by atoms with Crippen molar-refractivity contribution in [2.75, 3.05) is 6.54 Å². The number of alkyl halides is 5. The quantitative estimate of drug-likeness (QED) is 0.658. The van der Waals surface area contributed by atoms with Gasteiger partial charge in [-0.2, -0.15) is 22.0 Å². The first-order valence-corrected chi connectivity index (χ1v) is 9.14. The molecule has 0 saturated carbocycles. The highest BCUT2D eigenvalue weighted by Gasteiger charge is 2.33. The molecule has 0 radical (unpaired) electrons. The van der Waals surface area contributed by atoms with E-state index in [0.717, 1.165) is 6.07 Å². The molecule has 1 saturated heterocycles. The maximum atomic E-state index is 13.2. The van der Waals surface area contributed by atoms with Gasteiger partial charge in [0.1, 0.15) is 5.75 Å². The Morgan fingerprint density at radius 1 is 1.10 bits per heavy atom. The molecule has 1 atom stereocenters. The standard InChI is InChI=1S/C20H17F5N2O4/c21-19(22)31-16-4-2-1-3-15(16)30-14-6-5-11(20(23,24)25)9-13(14)18(29)27-12-7-8-26-17(28)10-12/h1-6,9,12,19H,7-8,10H2,(H,26,28)(H,27,29). The van der Waals surface area contributed by atoms with Crippen LogP contribution < -0.4 is 20.1 Å². The Labute approximate surface area is 173 Å². The SMILES string of the molecule is O=C1CC(NC(=O)c2cc(C(F)(F)F)ccc2Oc2ccccc2OC(F)F)CCN1. The van der Waals surface area contributed by atoms with Gasteiger partial charge >= 0.3 is 12.8 Å². The van der Waals surface area contributed by atoms with E-state index in [9.17, 15) is 31.5 Å². The number of hydrogen-bond acceptors (Lipinski definition) is 4. The number of amides is 2. The van der Waals surface area contributed by atoms with E-state index >= 15 is 0 Å². The van der Waals surface area contributed by atoms with Crippen molar-refractivity contribution in [1.29, 1.82) is 0 Å². The Balaban J connectivity index is 1.93. The van der Waals surface area contributed by atoms with Crippen LogP contribution in [0, 0.1) is 0 Å². The minimum absolute atomic E-state index is 0.0219. The molecule has 2 aromatic rings. The number of para-hydroxylation sites is 2. The van der Waals surface area contributed by atoms with Gasteiger partial charge in [-0.25, -0.2) is 0 Å². The highest BCUT2D eigenvalue weighted by atomic mass is 19.4. The second kappa shape index (κ2) is 9.19. The number of benzene rings is 2. The molecule has 2 amide bonds. The van der Waals surface area contributed by atoms with Gasteiger partial charge in [0.2, 0.25) is 5.91 Å². The largest absolute Gasteiger partial charge is 0.453 e. The van der Waals surface area contributed by atoms with Crippen LogP contribution in [0.1, 0.15) is 28.8 Å². The molecule has 11 heteroatoms. The number of halogens is 5. The van der Waals surface area contributed by atoms with Crippen molar-refractivity contribution in [3.8, 4) is 17.2 Å². The van der Waals surface area contributed by atoms with Crippen molar-refractivity contribution < 1.29 is 41.0 Å². The van der Waals surface area contributed by atoms with Crippen LogP contribution in [0.3, 0.4) is 0 Å². The van der Waals surface area contributed by atoms with Gasteiger partial charge in [0, 0.05) is 19.0 Å². The van der Waals surface area contributed by atoms with Gasteiger partial charge in [0.05, 0.1) is 11.1 Å². The summed E-state index contributed by atoms with van der Waals surface area (Å²) in [5.74, 6) is -2.05. The highest BCUT2D eigenvalue weighted by molar-refractivity contribution is 5.97. The van der Waals surface area contributed by atoms with Gasteiger partial charge in [-0.15, -0.1) is 0 Å². The predicted molar refractivity (Wildman–Crippen MR) is 98.1 cm³/mol. The molecule has 1 fully saturated rings. The minimum atomic E-state index is -4.73. The first kappa shape index (κ1) is 22.3. The number of carbonyl (C=O) groups is 2. The Morgan fingerprint density at radius 3 is 2.45 bits per heavy atom. The lowest BCUT2D eigenvalue weighted by Crippen LogP contribution is -2.45. The van der Waals surface area contributed by atoms with Crippen molar-refractivity contribution in [3.05, 3.63) is 53.6 Å². The normalized spacial score (nSPS) is 16.6. The van der Waals surface area contributed by atoms with E-state index in [4.69, 9.17) is 4.74 Å². The number of piperidine rings is 1. The lowest BCUT2D eigenvalue weighted by atomic mass is 10.0. The van der Waals surface area contributed by atoms with Gasteiger partial charge in [-0.1, -0.05) is 12.1 Å².